The van der Waals surface area contributed by atoms with E-state index in [1.54, 1.807) is 17.0 Å². The standard InChI is InChI=1S/C27H26F4N4O2/c28-23-9-8-17(15-24-20-6-1-2-7-21(20)25(36)33-32-24)14-22(23)26(37)35-12-10-34(11-13-35)19-5-3-4-18(16-19)27(29,30)31/h3-5,8-9,14,16H,1-2,6-7,10-13,15H2,(H,33,36). The second-order valence-electron chi connectivity index (χ2n) is 9.48. The highest BCUT2D eigenvalue weighted by Gasteiger charge is 2.31. The number of nitrogens with one attached hydrogen (secondary N) is 1. The van der Waals surface area contributed by atoms with E-state index < -0.39 is 23.5 Å². The minimum absolute atomic E-state index is 0.0525. The molecule has 2 aliphatic rings. The van der Waals surface area contributed by atoms with E-state index in [2.05, 4.69) is 10.2 Å². The van der Waals surface area contributed by atoms with Gasteiger partial charge < -0.3 is 9.80 Å². The molecule has 3 aromatic rings. The smallest absolute Gasteiger partial charge is 0.368 e. The highest BCUT2D eigenvalue weighted by molar-refractivity contribution is 5.95. The first-order chi connectivity index (χ1) is 17.7. The van der Waals surface area contributed by atoms with E-state index in [1.165, 1.54) is 23.1 Å². The summed E-state index contributed by atoms with van der Waals surface area (Å²) in [7, 11) is 0. The average Bonchev–Trinajstić information content (AvgIpc) is 2.91. The van der Waals surface area contributed by atoms with Gasteiger partial charge in [0.15, 0.2) is 0 Å². The fourth-order valence-electron chi connectivity index (χ4n) is 5.13. The molecule has 1 fully saturated rings. The molecule has 1 saturated heterocycles. The number of rotatable bonds is 4. The maximum absolute atomic E-state index is 14.7. The van der Waals surface area contributed by atoms with E-state index in [9.17, 15) is 27.2 Å². The van der Waals surface area contributed by atoms with Gasteiger partial charge in [0.05, 0.1) is 16.8 Å². The van der Waals surface area contributed by atoms with Crippen molar-refractivity contribution < 1.29 is 22.4 Å². The van der Waals surface area contributed by atoms with Crippen molar-refractivity contribution in [3.8, 4) is 0 Å². The number of piperazine rings is 1. The molecule has 1 aromatic heterocycles. The molecule has 1 N–H and O–H groups in total. The second kappa shape index (κ2) is 9.99. The monoisotopic (exact) mass is 514 g/mol. The molecular formula is C27H26F4N4O2. The van der Waals surface area contributed by atoms with E-state index in [0.29, 0.717) is 37.2 Å². The first-order valence-electron chi connectivity index (χ1n) is 12.3. The zero-order valence-corrected chi connectivity index (χ0v) is 20.1. The first kappa shape index (κ1) is 25.0. The molecule has 5 rings (SSSR count). The number of halogens is 4. The highest BCUT2D eigenvalue weighted by atomic mass is 19.4. The maximum atomic E-state index is 14.7. The lowest BCUT2D eigenvalue weighted by Crippen LogP contribution is -2.49. The summed E-state index contributed by atoms with van der Waals surface area (Å²) in [6.45, 7) is 1.19. The van der Waals surface area contributed by atoms with Crippen LogP contribution in [0.5, 0.6) is 0 Å². The van der Waals surface area contributed by atoms with Crippen LogP contribution in [0.2, 0.25) is 0 Å². The molecule has 10 heteroatoms. The number of anilines is 1. The Bertz CT molecular complexity index is 1380. The quantitative estimate of drug-likeness (QED) is 0.526. The first-order valence-corrected chi connectivity index (χ1v) is 12.3. The van der Waals surface area contributed by atoms with Crippen molar-refractivity contribution in [2.75, 3.05) is 31.1 Å². The Morgan fingerprint density at radius 1 is 0.973 bits per heavy atom. The zero-order valence-electron chi connectivity index (χ0n) is 20.1. The largest absolute Gasteiger partial charge is 0.416 e. The molecule has 0 spiro atoms. The lowest BCUT2D eigenvalue weighted by Gasteiger charge is -2.36. The Morgan fingerprint density at radius 3 is 2.43 bits per heavy atom. The van der Waals surface area contributed by atoms with Crippen LogP contribution in [0.15, 0.2) is 47.3 Å². The van der Waals surface area contributed by atoms with E-state index in [0.717, 1.165) is 48.2 Å². The van der Waals surface area contributed by atoms with E-state index in [4.69, 9.17) is 0 Å². The van der Waals surface area contributed by atoms with Crippen LogP contribution in [0.3, 0.4) is 0 Å². The summed E-state index contributed by atoms with van der Waals surface area (Å²) in [4.78, 5) is 28.6. The molecule has 1 aliphatic heterocycles. The Balaban J connectivity index is 1.30. The molecular weight excluding hydrogens is 488 g/mol. The number of benzene rings is 2. The summed E-state index contributed by atoms with van der Waals surface area (Å²) in [5, 5.41) is 6.79. The molecule has 6 nitrogen and oxygen atoms in total. The van der Waals surface area contributed by atoms with Gasteiger partial charge in [0.25, 0.3) is 11.5 Å². The SMILES string of the molecule is O=C(c1cc(Cc2n[nH]c(=O)c3c2CCCC3)ccc1F)N1CCN(c2cccc(C(F)(F)F)c2)CC1. The van der Waals surface area contributed by atoms with Crippen molar-refractivity contribution in [1.82, 2.24) is 15.1 Å². The molecule has 0 saturated carbocycles. The van der Waals surface area contributed by atoms with Gasteiger partial charge in [-0.05, 0) is 67.1 Å². The third kappa shape index (κ3) is 5.23. The fraction of sp³-hybridized carbons (Fsp3) is 0.370. The normalized spacial score (nSPS) is 16.0. The third-order valence-corrected chi connectivity index (χ3v) is 7.12. The maximum Gasteiger partial charge on any atom is 0.416 e. The summed E-state index contributed by atoms with van der Waals surface area (Å²) >= 11 is 0. The van der Waals surface area contributed by atoms with Gasteiger partial charge in [-0.15, -0.1) is 0 Å². The van der Waals surface area contributed by atoms with Crippen molar-refractivity contribution in [3.05, 3.63) is 92.1 Å². The van der Waals surface area contributed by atoms with Crippen LogP contribution in [0.25, 0.3) is 0 Å². The van der Waals surface area contributed by atoms with Crippen LogP contribution in [-0.2, 0) is 25.4 Å². The van der Waals surface area contributed by atoms with Crippen LogP contribution in [0.1, 0.15) is 51.1 Å². The molecule has 0 radical (unpaired) electrons. The van der Waals surface area contributed by atoms with Gasteiger partial charge in [-0.2, -0.15) is 18.3 Å². The van der Waals surface area contributed by atoms with Gasteiger partial charge in [0.2, 0.25) is 0 Å². The summed E-state index contributed by atoms with van der Waals surface area (Å²) in [6.07, 6.45) is -0.658. The molecule has 1 aliphatic carbocycles. The van der Waals surface area contributed by atoms with Crippen molar-refractivity contribution in [2.24, 2.45) is 0 Å². The van der Waals surface area contributed by atoms with Gasteiger partial charge in [-0.3, -0.25) is 9.59 Å². The van der Waals surface area contributed by atoms with Crippen molar-refractivity contribution in [2.45, 2.75) is 38.3 Å². The summed E-state index contributed by atoms with van der Waals surface area (Å²) < 4.78 is 53.9. The number of hydrogen-bond donors (Lipinski definition) is 1. The Kier molecular flexibility index (Phi) is 6.74. The fourth-order valence-corrected chi connectivity index (χ4v) is 5.13. The molecule has 2 heterocycles. The number of hydrogen-bond acceptors (Lipinski definition) is 4. The lowest BCUT2D eigenvalue weighted by atomic mass is 9.90. The summed E-state index contributed by atoms with van der Waals surface area (Å²) in [5.41, 5.74) is 2.63. The summed E-state index contributed by atoms with van der Waals surface area (Å²) in [6, 6.07) is 9.50. The average molecular weight is 515 g/mol. The van der Waals surface area contributed by atoms with Gasteiger partial charge >= 0.3 is 6.18 Å². The zero-order chi connectivity index (χ0) is 26.2. The van der Waals surface area contributed by atoms with Crippen LogP contribution in [0.4, 0.5) is 23.2 Å². The van der Waals surface area contributed by atoms with Crippen LogP contribution in [-0.4, -0.2) is 47.2 Å². The number of fused-ring (bicyclic) bond motifs is 1. The van der Waals surface area contributed by atoms with Crippen molar-refractivity contribution in [3.63, 3.8) is 0 Å². The van der Waals surface area contributed by atoms with Crippen LogP contribution in [0, 0.1) is 5.82 Å². The number of carbonyl (C=O) groups excluding carboxylic acids is 1. The van der Waals surface area contributed by atoms with Gasteiger partial charge in [0, 0.05) is 43.9 Å². The molecule has 2 aromatic carbocycles. The molecule has 0 atom stereocenters. The van der Waals surface area contributed by atoms with Gasteiger partial charge in [-0.25, -0.2) is 9.49 Å². The number of aromatic nitrogens is 2. The number of aromatic amines is 1. The topological polar surface area (TPSA) is 69.3 Å². The number of carbonyl (C=O) groups is 1. The van der Waals surface area contributed by atoms with Crippen molar-refractivity contribution >= 4 is 11.6 Å². The molecule has 0 bridgehead atoms. The predicted octanol–water partition coefficient (Wildman–Crippen LogP) is 4.36. The third-order valence-electron chi connectivity index (χ3n) is 7.12. The van der Waals surface area contributed by atoms with Crippen molar-refractivity contribution in [1.29, 1.82) is 0 Å². The summed E-state index contributed by atoms with van der Waals surface area (Å²) in [5.74, 6) is -1.09. The minimum atomic E-state index is -4.43. The Hall–Kier alpha value is -3.69. The number of alkyl halides is 3. The molecule has 37 heavy (non-hydrogen) atoms. The van der Waals surface area contributed by atoms with Gasteiger partial charge in [0.1, 0.15) is 5.82 Å². The lowest BCUT2D eigenvalue weighted by molar-refractivity contribution is -0.137. The number of amides is 1. The number of nitrogens with zero attached hydrogens (tertiary/aromatic N) is 3. The van der Waals surface area contributed by atoms with E-state index in [1.807, 2.05) is 0 Å². The van der Waals surface area contributed by atoms with E-state index >= 15 is 0 Å². The van der Waals surface area contributed by atoms with Crippen LogP contribution >= 0.6 is 0 Å². The number of H-pyrrole nitrogens is 1. The second-order valence-corrected chi connectivity index (χ2v) is 9.48. The minimum Gasteiger partial charge on any atom is -0.368 e. The Morgan fingerprint density at radius 2 is 1.70 bits per heavy atom. The Labute approximate surface area is 210 Å². The van der Waals surface area contributed by atoms with Crippen LogP contribution < -0.4 is 10.5 Å². The van der Waals surface area contributed by atoms with Gasteiger partial charge in [-0.1, -0.05) is 12.1 Å². The highest BCUT2D eigenvalue weighted by Crippen LogP contribution is 2.32. The molecule has 194 valence electrons. The molecule has 0 unspecified atom stereocenters. The predicted molar refractivity (Wildman–Crippen MR) is 130 cm³/mol. The molecule has 1 amide bonds. The van der Waals surface area contributed by atoms with E-state index in [-0.39, 0.29) is 24.2 Å².